The van der Waals surface area contributed by atoms with Gasteiger partial charge in [-0.3, -0.25) is 4.90 Å². The van der Waals surface area contributed by atoms with E-state index in [0.29, 0.717) is 4.47 Å². The molecule has 0 N–H and O–H groups in total. The van der Waals surface area contributed by atoms with E-state index < -0.39 is 21.5 Å². The number of anilines is 1. The van der Waals surface area contributed by atoms with E-state index in [4.69, 9.17) is 4.74 Å². The minimum Gasteiger partial charge on any atom is -0.443 e. The zero-order valence-corrected chi connectivity index (χ0v) is 13.8. The zero-order chi connectivity index (χ0) is 15.1. The fourth-order valence-electron chi connectivity index (χ4n) is 1.78. The maximum atomic E-state index is 12.2. The highest BCUT2D eigenvalue weighted by Gasteiger charge is 2.35. The molecular weight excluding hydrogens is 348 g/mol. The number of carbonyl (C=O) groups is 1. The predicted molar refractivity (Wildman–Crippen MR) is 77.6 cm³/mol. The van der Waals surface area contributed by atoms with Gasteiger partial charge in [-0.05, 0) is 42.8 Å². The molecule has 6 nitrogen and oxygen atoms in total. The summed E-state index contributed by atoms with van der Waals surface area (Å²) in [6, 6.07) is 1.56. The van der Waals surface area contributed by atoms with E-state index in [1.165, 1.54) is 11.1 Å². The molecular formula is C12H15BrN2O4S. The van der Waals surface area contributed by atoms with Crippen molar-refractivity contribution in [2.24, 2.45) is 0 Å². The minimum atomic E-state index is -3.45. The Morgan fingerprint density at radius 3 is 2.70 bits per heavy atom. The lowest BCUT2D eigenvalue weighted by molar-refractivity contribution is 0.0581. The van der Waals surface area contributed by atoms with Crippen LogP contribution >= 0.6 is 15.9 Å². The number of carbonyl (C=O) groups excluding carboxylic acids is 1. The van der Waals surface area contributed by atoms with Crippen molar-refractivity contribution < 1.29 is 17.9 Å². The molecule has 1 aliphatic rings. The molecule has 1 aromatic rings. The van der Waals surface area contributed by atoms with Crippen LogP contribution < -0.4 is 4.90 Å². The van der Waals surface area contributed by atoms with Crippen molar-refractivity contribution in [1.82, 2.24) is 4.98 Å². The Labute approximate surface area is 126 Å². The summed E-state index contributed by atoms with van der Waals surface area (Å²) in [5, 5.41) is -0.0854. The molecule has 8 heteroatoms. The van der Waals surface area contributed by atoms with Crippen LogP contribution in [0.3, 0.4) is 0 Å². The molecule has 110 valence electrons. The van der Waals surface area contributed by atoms with Gasteiger partial charge in [-0.25, -0.2) is 18.2 Å². The van der Waals surface area contributed by atoms with Gasteiger partial charge in [0.25, 0.3) is 0 Å². The van der Waals surface area contributed by atoms with Gasteiger partial charge in [0.05, 0.1) is 11.4 Å². The molecule has 20 heavy (non-hydrogen) atoms. The topological polar surface area (TPSA) is 76.6 Å². The van der Waals surface area contributed by atoms with Crippen LogP contribution in [0, 0.1) is 0 Å². The van der Waals surface area contributed by atoms with Gasteiger partial charge in [-0.1, -0.05) is 0 Å². The van der Waals surface area contributed by atoms with Crippen LogP contribution in [0.4, 0.5) is 10.5 Å². The van der Waals surface area contributed by atoms with Gasteiger partial charge in [-0.2, -0.15) is 0 Å². The van der Waals surface area contributed by atoms with E-state index >= 15 is 0 Å². The van der Waals surface area contributed by atoms with Gasteiger partial charge in [0, 0.05) is 17.2 Å². The molecule has 0 atom stereocenters. The predicted octanol–water partition coefficient (Wildman–Crippen LogP) is 2.37. The number of aromatic nitrogens is 1. The Bertz CT molecular complexity index is 652. The van der Waals surface area contributed by atoms with Crippen LogP contribution in [0.15, 0.2) is 21.8 Å². The van der Waals surface area contributed by atoms with Crippen LogP contribution in [0.2, 0.25) is 0 Å². The van der Waals surface area contributed by atoms with Crippen molar-refractivity contribution in [2.75, 3.05) is 17.2 Å². The second-order valence-electron chi connectivity index (χ2n) is 5.43. The average molecular weight is 363 g/mol. The van der Waals surface area contributed by atoms with E-state index in [9.17, 15) is 13.2 Å². The molecule has 0 saturated carbocycles. The van der Waals surface area contributed by atoms with Gasteiger partial charge < -0.3 is 4.74 Å². The second kappa shape index (κ2) is 5.00. The third kappa shape index (κ3) is 3.12. The largest absolute Gasteiger partial charge is 0.443 e. The van der Waals surface area contributed by atoms with Crippen molar-refractivity contribution >= 4 is 37.5 Å². The molecule has 1 aliphatic heterocycles. The number of hydrogen-bond donors (Lipinski definition) is 0. The fraction of sp³-hybridized carbons (Fsp3) is 0.500. The van der Waals surface area contributed by atoms with Gasteiger partial charge in [-0.15, -0.1) is 0 Å². The van der Waals surface area contributed by atoms with Gasteiger partial charge in [0.1, 0.15) is 5.60 Å². The molecule has 0 unspecified atom stereocenters. The summed E-state index contributed by atoms with van der Waals surface area (Å²) in [5.74, 6) is -0.159. The molecule has 2 rings (SSSR count). The van der Waals surface area contributed by atoms with Crippen LogP contribution in [-0.2, 0) is 14.6 Å². The highest BCUT2D eigenvalue weighted by Crippen LogP contribution is 2.32. The second-order valence-corrected chi connectivity index (χ2v) is 8.37. The van der Waals surface area contributed by atoms with Crippen LogP contribution in [0.1, 0.15) is 20.8 Å². The lowest BCUT2D eigenvalue weighted by Crippen LogP contribution is -2.43. The van der Waals surface area contributed by atoms with E-state index in [1.807, 2.05) is 0 Å². The van der Waals surface area contributed by atoms with Crippen molar-refractivity contribution in [3.63, 3.8) is 0 Å². The molecule has 1 amide bonds. The fourth-order valence-corrected chi connectivity index (χ4v) is 3.42. The van der Waals surface area contributed by atoms with Crippen LogP contribution in [-0.4, -0.2) is 37.4 Å². The number of halogens is 1. The Balaban J connectivity index is 2.44. The maximum Gasteiger partial charge on any atom is 0.414 e. The third-order valence-electron chi connectivity index (χ3n) is 2.58. The number of rotatable bonds is 0. The van der Waals surface area contributed by atoms with E-state index in [0.717, 1.165) is 0 Å². The highest BCUT2D eigenvalue weighted by atomic mass is 79.9. The summed E-state index contributed by atoms with van der Waals surface area (Å²) in [7, 11) is -3.45. The Morgan fingerprint density at radius 2 is 2.10 bits per heavy atom. The summed E-state index contributed by atoms with van der Waals surface area (Å²) in [6.45, 7) is 5.32. The smallest absolute Gasteiger partial charge is 0.414 e. The van der Waals surface area contributed by atoms with E-state index in [1.54, 1.807) is 26.8 Å². The summed E-state index contributed by atoms with van der Waals surface area (Å²) in [5.41, 5.74) is -0.396. The van der Waals surface area contributed by atoms with Crippen LogP contribution in [0.5, 0.6) is 0 Å². The molecule has 0 radical (unpaired) electrons. The normalized spacial score (nSPS) is 17.5. The number of hydrogen-bond acceptors (Lipinski definition) is 5. The third-order valence-corrected chi connectivity index (χ3v) is 4.64. The minimum absolute atomic E-state index is 0.0579. The first-order valence-electron chi connectivity index (χ1n) is 5.99. The number of sulfone groups is 1. The Hall–Kier alpha value is -1.15. The quantitative estimate of drug-likeness (QED) is 0.707. The summed E-state index contributed by atoms with van der Waals surface area (Å²) < 4.78 is 29.9. The SMILES string of the molecule is CC(C)(C)OC(=O)N1CCS(=O)(=O)c2ncc(Br)cc21. The lowest BCUT2D eigenvalue weighted by atomic mass is 10.2. The first-order chi connectivity index (χ1) is 9.10. The number of nitrogens with zero attached hydrogens (tertiary/aromatic N) is 2. The number of pyridine rings is 1. The highest BCUT2D eigenvalue weighted by molar-refractivity contribution is 9.10. The zero-order valence-electron chi connectivity index (χ0n) is 11.4. The molecule has 0 bridgehead atoms. The molecule has 0 saturated heterocycles. The number of ether oxygens (including phenoxy) is 1. The average Bonchev–Trinajstić information content (AvgIpc) is 2.25. The summed E-state index contributed by atoms with van der Waals surface area (Å²) >= 11 is 3.23. The van der Waals surface area contributed by atoms with Crippen LogP contribution in [0.25, 0.3) is 0 Å². The number of amides is 1. The Kier molecular flexibility index (Phi) is 3.81. The molecule has 1 aromatic heterocycles. The van der Waals surface area contributed by atoms with Gasteiger partial charge in [0.15, 0.2) is 14.9 Å². The van der Waals surface area contributed by atoms with Gasteiger partial charge in [0.2, 0.25) is 0 Å². The lowest BCUT2D eigenvalue weighted by Gasteiger charge is -2.30. The molecule has 2 heterocycles. The van der Waals surface area contributed by atoms with Gasteiger partial charge >= 0.3 is 6.09 Å². The van der Waals surface area contributed by atoms with Crippen molar-refractivity contribution in [3.8, 4) is 0 Å². The standard InChI is InChI=1S/C12H15BrN2O4S/c1-12(2,3)19-11(16)15-4-5-20(17,18)10-9(15)6-8(13)7-14-10/h6-7H,4-5H2,1-3H3. The monoisotopic (exact) mass is 362 g/mol. The van der Waals surface area contributed by atoms with E-state index in [2.05, 4.69) is 20.9 Å². The molecule has 0 aromatic carbocycles. The van der Waals surface area contributed by atoms with Crippen molar-refractivity contribution in [1.29, 1.82) is 0 Å². The molecule has 0 spiro atoms. The first kappa shape index (κ1) is 15.2. The van der Waals surface area contributed by atoms with E-state index in [-0.39, 0.29) is 23.0 Å². The Morgan fingerprint density at radius 1 is 1.45 bits per heavy atom. The first-order valence-corrected chi connectivity index (χ1v) is 8.43. The van der Waals surface area contributed by atoms with Crippen molar-refractivity contribution in [2.45, 2.75) is 31.4 Å². The summed E-state index contributed by atoms with van der Waals surface area (Å²) in [4.78, 5) is 17.4. The summed E-state index contributed by atoms with van der Waals surface area (Å²) in [6.07, 6.45) is 0.822. The molecule has 0 aliphatic carbocycles. The molecule has 0 fully saturated rings. The maximum absolute atomic E-state index is 12.2. The number of fused-ring (bicyclic) bond motifs is 1. The van der Waals surface area contributed by atoms with Crippen molar-refractivity contribution in [3.05, 3.63) is 16.7 Å².